The molecule has 1 atom stereocenters. The number of rotatable bonds is 9. The van der Waals surface area contributed by atoms with Gasteiger partial charge in [-0.05, 0) is 32.4 Å². The number of amides is 2. The molecule has 0 heterocycles. The molecule has 0 aliphatic rings. The van der Waals surface area contributed by atoms with Crippen LogP contribution in [-0.4, -0.2) is 55.7 Å². The number of urea groups is 1. The van der Waals surface area contributed by atoms with Gasteiger partial charge < -0.3 is 20.6 Å². The first-order chi connectivity index (χ1) is 8.81. The van der Waals surface area contributed by atoms with Crippen LogP contribution in [0.5, 0.6) is 0 Å². The summed E-state index contributed by atoms with van der Waals surface area (Å²) in [7, 11) is 3.87. The van der Waals surface area contributed by atoms with Crippen LogP contribution >= 0.6 is 0 Å². The maximum atomic E-state index is 11.5. The van der Waals surface area contributed by atoms with Gasteiger partial charge in [-0.15, -0.1) is 0 Å². The lowest BCUT2D eigenvalue weighted by molar-refractivity contribution is -0.138. The Bertz CT molecular complexity index is 280. The van der Waals surface area contributed by atoms with Crippen molar-refractivity contribution in [3.05, 3.63) is 0 Å². The van der Waals surface area contributed by atoms with E-state index in [1.165, 1.54) is 0 Å². The Morgan fingerprint density at radius 3 is 2.32 bits per heavy atom. The van der Waals surface area contributed by atoms with Gasteiger partial charge in [-0.1, -0.05) is 13.8 Å². The van der Waals surface area contributed by atoms with Gasteiger partial charge >= 0.3 is 12.0 Å². The highest BCUT2D eigenvalue weighted by Crippen LogP contribution is 2.14. The second-order valence-electron chi connectivity index (χ2n) is 5.53. The minimum absolute atomic E-state index is 0.0166. The van der Waals surface area contributed by atoms with Crippen molar-refractivity contribution in [1.29, 1.82) is 0 Å². The number of carboxylic acid groups (broad SMARTS) is 1. The van der Waals surface area contributed by atoms with E-state index in [2.05, 4.69) is 10.6 Å². The summed E-state index contributed by atoms with van der Waals surface area (Å²) in [6, 6.07) is -0.235. The molecule has 0 saturated heterocycles. The van der Waals surface area contributed by atoms with Crippen molar-refractivity contribution in [2.45, 2.75) is 26.7 Å². The number of hydrogen-bond donors (Lipinski definition) is 3. The number of carboxylic acids is 1. The van der Waals surface area contributed by atoms with E-state index in [1.54, 1.807) is 0 Å². The SMILES string of the molecule is CC(C)CC(CNC(=O)NCCN(C)C)CC(=O)O. The van der Waals surface area contributed by atoms with Crippen LogP contribution in [0.25, 0.3) is 0 Å². The summed E-state index contributed by atoms with van der Waals surface area (Å²) in [5, 5.41) is 14.3. The van der Waals surface area contributed by atoms with Crippen molar-refractivity contribution >= 4 is 12.0 Å². The average Bonchev–Trinajstić information content (AvgIpc) is 2.23. The van der Waals surface area contributed by atoms with Crippen LogP contribution < -0.4 is 10.6 Å². The quantitative estimate of drug-likeness (QED) is 0.585. The largest absolute Gasteiger partial charge is 0.481 e. The van der Waals surface area contributed by atoms with Gasteiger partial charge in [0.1, 0.15) is 0 Å². The highest BCUT2D eigenvalue weighted by molar-refractivity contribution is 5.74. The Hall–Kier alpha value is -1.30. The maximum Gasteiger partial charge on any atom is 0.314 e. The van der Waals surface area contributed by atoms with Crippen LogP contribution in [0, 0.1) is 11.8 Å². The molecule has 6 heteroatoms. The Labute approximate surface area is 115 Å². The summed E-state index contributed by atoms with van der Waals surface area (Å²) in [6.07, 6.45) is 0.889. The molecule has 112 valence electrons. The lowest BCUT2D eigenvalue weighted by Gasteiger charge is -2.18. The monoisotopic (exact) mass is 273 g/mol. The molecule has 3 N–H and O–H groups in total. The zero-order chi connectivity index (χ0) is 14.8. The van der Waals surface area contributed by atoms with Crippen LogP contribution in [0.3, 0.4) is 0 Å². The second-order valence-corrected chi connectivity index (χ2v) is 5.53. The molecular formula is C13H27N3O3. The van der Waals surface area contributed by atoms with E-state index in [0.717, 1.165) is 13.0 Å². The summed E-state index contributed by atoms with van der Waals surface area (Å²) in [5.74, 6) is -0.416. The lowest BCUT2D eigenvalue weighted by atomic mass is 9.94. The van der Waals surface area contributed by atoms with Gasteiger partial charge in [-0.3, -0.25) is 4.79 Å². The molecule has 19 heavy (non-hydrogen) atoms. The number of nitrogens with zero attached hydrogens (tertiary/aromatic N) is 1. The third kappa shape index (κ3) is 11.5. The van der Waals surface area contributed by atoms with Crippen LogP contribution in [0.15, 0.2) is 0 Å². The van der Waals surface area contributed by atoms with Gasteiger partial charge in [0.15, 0.2) is 0 Å². The predicted molar refractivity (Wildman–Crippen MR) is 75.2 cm³/mol. The molecule has 0 aliphatic carbocycles. The van der Waals surface area contributed by atoms with Crippen LogP contribution in [0.2, 0.25) is 0 Å². The zero-order valence-corrected chi connectivity index (χ0v) is 12.4. The molecular weight excluding hydrogens is 246 g/mol. The number of carbonyl (C=O) groups is 2. The molecule has 2 amide bonds. The topological polar surface area (TPSA) is 81.7 Å². The molecule has 1 unspecified atom stereocenters. The molecule has 0 fully saturated rings. The van der Waals surface area contributed by atoms with Crippen LogP contribution in [0.1, 0.15) is 26.7 Å². The number of likely N-dealkylation sites (N-methyl/N-ethyl adjacent to an activating group) is 1. The minimum Gasteiger partial charge on any atom is -0.481 e. The third-order valence-corrected chi connectivity index (χ3v) is 2.66. The van der Waals surface area contributed by atoms with Crippen molar-refractivity contribution < 1.29 is 14.7 Å². The van der Waals surface area contributed by atoms with Gasteiger partial charge in [0, 0.05) is 26.1 Å². The number of aliphatic carboxylic acids is 1. The fourth-order valence-corrected chi connectivity index (χ4v) is 1.85. The van der Waals surface area contributed by atoms with Crippen molar-refractivity contribution in [2.24, 2.45) is 11.8 Å². The Kier molecular flexibility index (Phi) is 8.95. The van der Waals surface area contributed by atoms with E-state index < -0.39 is 5.97 Å². The molecule has 0 rings (SSSR count). The first-order valence-electron chi connectivity index (χ1n) is 6.69. The van der Waals surface area contributed by atoms with E-state index in [1.807, 2.05) is 32.8 Å². The Morgan fingerprint density at radius 2 is 1.84 bits per heavy atom. The number of hydrogen-bond acceptors (Lipinski definition) is 3. The van der Waals surface area contributed by atoms with E-state index >= 15 is 0 Å². The van der Waals surface area contributed by atoms with E-state index in [-0.39, 0.29) is 18.4 Å². The number of carbonyl (C=O) groups excluding carboxylic acids is 1. The molecule has 0 radical (unpaired) electrons. The predicted octanol–water partition coefficient (Wildman–Crippen LogP) is 0.984. The van der Waals surface area contributed by atoms with Crippen molar-refractivity contribution in [3.8, 4) is 0 Å². The van der Waals surface area contributed by atoms with Gasteiger partial charge in [0.05, 0.1) is 0 Å². The molecule has 6 nitrogen and oxygen atoms in total. The molecule has 0 aromatic rings. The smallest absolute Gasteiger partial charge is 0.314 e. The first-order valence-corrected chi connectivity index (χ1v) is 6.69. The summed E-state index contributed by atoms with van der Waals surface area (Å²) in [6.45, 7) is 5.85. The molecule has 0 bridgehead atoms. The normalized spacial score (nSPS) is 12.5. The molecule has 0 aromatic heterocycles. The maximum absolute atomic E-state index is 11.5. The van der Waals surface area contributed by atoms with Gasteiger partial charge in [0.25, 0.3) is 0 Å². The van der Waals surface area contributed by atoms with Crippen molar-refractivity contribution in [3.63, 3.8) is 0 Å². The van der Waals surface area contributed by atoms with E-state index in [0.29, 0.717) is 19.0 Å². The van der Waals surface area contributed by atoms with Gasteiger partial charge in [0.2, 0.25) is 0 Å². The highest BCUT2D eigenvalue weighted by atomic mass is 16.4. The molecule has 0 saturated carbocycles. The highest BCUT2D eigenvalue weighted by Gasteiger charge is 2.15. The molecule has 0 spiro atoms. The van der Waals surface area contributed by atoms with E-state index in [4.69, 9.17) is 5.11 Å². The van der Waals surface area contributed by atoms with Crippen LogP contribution in [-0.2, 0) is 4.79 Å². The number of nitrogens with one attached hydrogen (secondary N) is 2. The van der Waals surface area contributed by atoms with Crippen LogP contribution in [0.4, 0.5) is 4.79 Å². The van der Waals surface area contributed by atoms with Crippen molar-refractivity contribution in [1.82, 2.24) is 15.5 Å². The van der Waals surface area contributed by atoms with Crippen molar-refractivity contribution in [2.75, 3.05) is 33.7 Å². The zero-order valence-electron chi connectivity index (χ0n) is 12.4. The fourth-order valence-electron chi connectivity index (χ4n) is 1.85. The third-order valence-electron chi connectivity index (χ3n) is 2.66. The molecule has 0 aromatic carbocycles. The Morgan fingerprint density at radius 1 is 1.21 bits per heavy atom. The fraction of sp³-hybridized carbons (Fsp3) is 0.846. The van der Waals surface area contributed by atoms with Gasteiger partial charge in [-0.2, -0.15) is 0 Å². The summed E-state index contributed by atoms with van der Waals surface area (Å²) >= 11 is 0. The minimum atomic E-state index is -0.819. The summed E-state index contributed by atoms with van der Waals surface area (Å²) in [4.78, 5) is 24.2. The van der Waals surface area contributed by atoms with E-state index in [9.17, 15) is 9.59 Å². The second kappa shape index (κ2) is 9.61. The average molecular weight is 273 g/mol. The Balaban J connectivity index is 3.95. The van der Waals surface area contributed by atoms with Gasteiger partial charge in [-0.25, -0.2) is 4.79 Å². The summed E-state index contributed by atoms with van der Waals surface area (Å²) in [5.41, 5.74) is 0. The lowest BCUT2D eigenvalue weighted by Crippen LogP contribution is -2.41. The summed E-state index contributed by atoms with van der Waals surface area (Å²) < 4.78 is 0. The molecule has 0 aliphatic heterocycles. The first kappa shape index (κ1) is 17.7. The standard InChI is InChI=1S/C13H27N3O3/c1-10(2)7-11(8-12(17)18)9-15-13(19)14-5-6-16(3)4/h10-11H,5-9H2,1-4H3,(H,17,18)(H2,14,15,19).